The van der Waals surface area contributed by atoms with E-state index in [1.807, 2.05) is 0 Å². The van der Waals surface area contributed by atoms with E-state index in [9.17, 15) is 30.8 Å². The number of carboxylic acids is 1. The molecule has 4 N–H and O–H groups in total. The Morgan fingerprint density at radius 3 is 2.28 bits per heavy atom. The van der Waals surface area contributed by atoms with Gasteiger partial charge in [0.25, 0.3) is 0 Å². The Balaban J connectivity index is 0.000000572. The molecule has 1 aliphatic heterocycles. The summed E-state index contributed by atoms with van der Waals surface area (Å²) in [5.41, 5.74) is 6.57. The fraction of sp³-hybridized carbons (Fsp3) is 0.391. The van der Waals surface area contributed by atoms with Gasteiger partial charge in [0.05, 0.1) is 4.90 Å². The number of benzene rings is 2. The number of rotatable bonds is 8. The highest BCUT2D eigenvalue weighted by atomic mass is 32.2. The highest BCUT2D eigenvalue weighted by molar-refractivity contribution is 7.89. The van der Waals surface area contributed by atoms with Crippen molar-refractivity contribution in [3.8, 4) is 0 Å². The summed E-state index contributed by atoms with van der Waals surface area (Å²) >= 11 is 0. The number of likely N-dealkylation sites (tertiary alicyclic amines) is 1. The van der Waals surface area contributed by atoms with Crippen LogP contribution < -0.4 is 10.5 Å². The van der Waals surface area contributed by atoms with Crippen LogP contribution >= 0.6 is 0 Å². The second kappa shape index (κ2) is 12.8. The molecule has 13 heteroatoms. The van der Waals surface area contributed by atoms with Crippen molar-refractivity contribution in [3.05, 3.63) is 66.0 Å². The fourth-order valence-corrected chi connectivity index (χ4v) is 4.72. The highest BCUT2D eigenvalue weighted by Gasteiger charge is 2.38. The van der Waals surface area contributed by atoms with E-state index in [0.717, 1.165) is 12.8 Å². The van der Waals surface area contributed by atoms with E-state index < -0.39 is 28.2 Å². The largest absolute Gasteiger partial charge is 0.490 e. The van der Waals surface area contributed by atoms with Crippen LogP contribution in [-0.2, 0) is 26.0 Å². The Bertz CT molecular complexity index is 1130. The highest BCUT2D eigenvalue weighted by Crippen LogP contribution is 2.20. The van der Waals surface area contributed by atoms with Crippen LogP contribution in [0.2, 0.25) is 0 Å². The van der Waals surface area contributed by atoms with Crippen molar-refractivity contribution >= 4 is 21.9 Å². The fourth-order valence-electron chi connectivity index (χ4n) is 3.63. The van der Waals surface area contributed by atoms with E-state index in [1.165, 1.54) is 18.2 Å². The molecule has 0 spiro atoms. The smallest absolute Gasteiger partial charge is 0.475 e. The normalized spacial score (nSPS) is 16.7. The number of hydrogen-bond acceptors (Lipinski definition) is 5. The lowest BCUT2D eigenvalue weighted by molar-refractivity contribution is -0.192. The number of hydrogen-bond donors (Lipinski definition) is 3. The van der Waals surface area contributed by atoms with Crippen molar-refractivity contribution in [1.82, 2.24) is 9.62 Å². The Kier molecular flexibility index (Phi) is 10.4. The third kappa shape index (κ3) is 8.88. The van der Waals surface area contributed by atoms with Gasteiger partial charge in [0, 0.05) is 31.6 Å². The monoisotopic (exact) mass is 533 g/mol. The zero-order chi connectivity index (χ0) is 26.9. The lowest BCUT2D eigenvalue weighted by Crippen LogP contribution is -2.44. The second-order valence-electron chi connectivity index (χ2n) is 8.11. The number of carbonyl (C=O) groups is 2. The molecule has 1 aliphatic rings. The van der Waals surface area contributed by atoms with Gasteiger partial charge in [0.15, 0.2) is 0 Å². The number of aliphatic carboxylic acids is 1. The van der Waals surface area contributed by atoms with Gasteiger partial charge < -0.3 is 15.7 Å². The predicted molar refractivity (Wildman–Crippen MR) is 123 cm³/mol. The average molecular weight is 534 g/mol. The molecule has 2 atom stereocenters. The number of sulfonamides is 1. The van der Waals surface area contributed by atoms with Crippen molar-refractivity contribution in [2.75, 3.05) is 13.1 Å². The quantitative estimate of drug-likeness (QED) is 0.448. The van der Waals surface area contributed by atoms with Crippen LogP contribution in [-0.4, -0.2) is 61.7 Å². The average Bonchev–Trinajstić information content (AvgIpc) is 3.29. The molecule has 0 bridgehead atoms. The number of nitrogens with zero attached hydrogens (tertiary/aromatic N) is 1. The minimum atomic E-state index is -5.08. The summed E-state index contributed by atoms with van der Waals surface area (Å²) in [4.78, 5) is 23.5. The number of nitrogens with two attached hydrogens (primary N) is 1. The van der Waals surface area contributed by atoms with E-state index in [2.05, 4.69) is 4.72 Å². The molecule has 0 aromatic heterocycles. The summed E-state index contributed by atoms with van der Waals surface area (Å²) < 4.78 is 72.9. The van der Waals surface area contributed by atoms with Crippen LogP contribution in [0.4, 0.5) is 17.6 Å². The maximum absolute atomic E-state index is 13.8. The maximum atomic E-state index is 13.8. The number of alkyl halides is 3. The van der Waals surface area contributed by atoms with E-state index in [0.29, 0.717) is 12.1 Å². The molecule has 0 unspecified atom stereocenters. The molecular weight excluding hydrogens is 506 g/mol. The summed E-state index contributed by atoms with van der Waals surface area (Å²) in [5.74, 6) is -3.22. The van der Waals surface area contributed by atoms with Crippen molar-refractivity contribution in [1.29, 1.82) is 0 Å². The summed E-state index contributed by atoms with van der Waals surface area (Å²) in [5, 5.41) is 7.12. The Morgan fingerprint density at radius 1 is 1.11 bits per heavy atom. The van der Waals surface area contributed by atoms with E-state index in [4.69, 9.17) is 15.6 Å². The standard InChI is InChI=1S/C21H26FN3O3S.C2HF3O2/c22-20-11-5-4-7-16(20)13-17(23)14-21(26)25-12-6-8-18(25)15-24-29(27,28)19-9-2-1-3-10-19;3-2(4,5)1(6)7/h1-5,7,9-11,17-18,24H,6,8,12-15,23H2;(H,6,7)/t17-,18+;/m1./s1. The molecule has 0 saturated carbocycles. The van der Waals surface area contributed by atoms with Crippen molar-refractivity contribution in [2.24, 2.45) is 5.73 Å². The zero-order valence-corrected chi connectivity index (χ0v) is 19.9. The molecule has 1 saturated heterocycles. The molecule has 2 aromatic carbocycles. The van der Waals surface area contributed by atoms with Gasteiger partial charge in [0.1, 0.15) is 5.82 Å². The topological polar surface area (TPSA) is 130 Å². The molecule has 3 rings (SSSR count). The molecule has 1 heterocycles. The lowest BCUT2D eigenvalue weighted by atomic mass is 10.0. The molecule has 1 fully saturated rings. The van der Waals surface area contributed by atoms with Gasteiger partial charge in [-0.3, -0.25) is 4.79 Å². The first-order valence-corrected chi connectivity index (χ1v) is 12.4. The molecule has 1 amide bonds. The van der Waals surface area contributed by atoms with Crippen molar-refractivity contribution in [3.63, 3.8) is 0 Å². The molecule has 198 valence electrons. The third-order valence-corrected chi connectivity index (χ3v) is 6.82. The number of nitrogens with one attached hydrogen (secondary N) is 1. The Morgan fingerprint density at radius 2 is 1.69 bits per heavy atom. The van der Waals surface area contributed by atoms with Crippen molar-refractivity contribution < 1.29 is 40.7 Å². The summed E-state index contributed by atoms with van der Waals surface area (Å²) in [6.45, 7) is 0.731. The predicted octanol–water partition coefficient (Wildman–Crippen LogP) is 2.69. The van der Waals surface area contributed by atoms with Gasteiger partial charge in [-0.25, -0.2) is 22.3 Å². The van der Waals surface area contributed by atoms with Gasteiger partial charge in [-0.15, -0.1) is 0 Å². The van der Waals surface area contributed by atoms with Gasteiger partial charge in [-0.1, -0.05) is 36.4 Å². The molecule has 8 nitrogen and oxygen atoms in total. The minimum Gasteiger partial charge on any atom is -0.475 e. The second-order valence-corrected chi connectivity index (χ2v) is 9.88. The number of carbonyl (C=O) groups excluding carboxylic acids is 1. The van der Waals surface area contributed by atoms with E-state index >= 15 is 0 Å². The SMILES string of the molecule is N[C@@H](CC(=O)N1CCC[C@H]1CNS(=O)(=O)c1ccccc1)Cc1ccccc1F.O=C(O)C(F)(F)F. The molecule has 0 aliphatic carbocycles. The van der Waals surface area contributed by atoms with Crippen LogP contribution in [0.15, 0.2) is 59.5 Å². The van der Waals surface area contributed by atoms with Crippen molar-refractivity contribution in [2.45, 2.75) is 48.8 Å². The number of amides is 1. The van der Waals surface area contributed by atoms with Gasteiger partial charge in [0.2, 0.25) is 15.9 Å². The first-order valence-electron chi connectivity index (χ1n) is 10.9. The van der Waals surface area contributed by atoms with Crippen LogP contribution in [0.5, 0.6) is 0 Å². The molecule has 2 aromatic rings. The Labute approximate surface area is 206 Å². The number of carboxylic acid groups (broad SMARTS) is 1. The van der Waals surface area contributed by atoms with Crippen LogP contribution in [0, 0.1) is 5.82 Å². The van der Waals surface area contributed by atoms with Gasteiger partial charge in [-0.2, -0.15) is 13.2 Å². The van der Waals surface area contributed by atoms with Crippen LogP contribution in [0.25, 0.3) is 0 Å². The summed E-state index contributed by atoms with van der Waals surface area (Å²) in [6.07, 6.45) is -3.18. The Hall–Kier alpha value is -3.03. The third-order valence-electron chi connectivity index (χ3n) is 5.38. The summed E-state index contributed by atoms with van der Waals surface area (Å²) in [7, 11) is -3.62. The minimum absolute atomic E-state index is 0.0935. The molecular formula is C23H27F4N3O5S. The van der Waals surface area contributed by atoms with Crippen LogP contribution in [0.3, 0.4) is 0 Å². The van der Waals surface area contributed by atoms with Gasteiger partial charge >= 0.3 is 12.1 Å². The summed E-state index contributed by atoms with van der Waals surface area (Å²) in [6, 6.07) is 13.8. The molecule has 36 heavy (non-hydrogen) atoms. The number of halogens is 4. The zero-order valence-electron chi connectivity index (χ0n) is 19.1. The van der Waals surface area contributed by atoms with Crippen LogP contribution in [0.1, 0.15) is 24.8 Å². The van der Waals surface area contributed by atoms with E-state index in [1.54, 1.807) is 41.3 Å². The molecule has 0 radical (unpaired) electrons. The maximum Gasteiger partial charge on any atom is 0.490 e. The lowest BCUT2D eigenvalue weighted by Gasteiger charge is -2.26. The first kappa shape index (κ1) is 29.2. The first-order chi connectivity index (χ1) is 16.8. The van der Waals surface area contributed by atoms with E-state index in [-0.39, 0.29) is 42.0 Å². The van der Waals surface area contributed by atoms with Gasteiger partial charge in [-0.05, 0) is 43.0 Å².